The Morgan fingerprint density at radius 3 is 2.67 bits per heavy atom. The standard InChI is InChI=1S/C31H25ClF5N7O4S/c1-29(2)6-3-7-30(12-43(29)28(46)44-13-40-27(41-44)48-31(35,36)37)11-42-19(30)10-47-23-15(26(42)45)8-18(34)21(22(23)32)14-4-5-17(33)24-20(14)16(9-38)25(39)49-24/h4-5,8,13,19H,3,6-7,10-12,39H2,1-2H3. The average molecular weight is 722 g/mol. The minimum absolute atomic E-state index is 0.0339. The number of nitrogens with two attached hydrogens (primary N) is 1. The zero-order valence-electron chi connectivity index (χ0n) is 25.7. The molecule has 2 unspecified atom stereocenters. The number of nitriles is 1. The van der Waals surface area contributed by atoms with Gasteiger partial charge in [0.1, 0.15) is 35.6 Å². The van der Waals surface area contributed by atoms with Gasteiger partial charge in [-0.25, -0.2) is 13.6 Å². The number of anilines is 1. The van der Waals surface area contributed by atoms with E-state index in [-0.39, 0.29) is 67.8 Å². The highest BCUT2D eigenvalue weighted by atomic mass is 35.5. The number of benzene rings is 2. The molecule has 2 fully saturated rings. The van der Waals surface area contributed by atoms with Crippen LogP contribution in [-0.2, 0) is 0 Å². The summed E-state index contributed by atoms with van der Waals surface area (Å²) in [6.07, 6.45) is -2.45. The lowest BCUT2D eigenvalue weighted by atomic mass is 9.68. The van der Waals surface area contributed by atoms with E-state index in [9.17, 15) is 32.4 Å². The fourth-order valence-electron chi connectivity index (χ4n) is 7.18. The highest BCUT2D eigenvalue weighted by Gasteiger charge is 2.59. The molecular formula is C31H25ClF5N7O4S. The van der Waals surface area contributed by atoms with Crippen molar-refractivity contribution in [1.82, 2.24) is 24.6 Å². The van der Waals surface area contributed by atoms with Crippen molar-refractivity contribution >= 4 is 50.0 Å². The van der Waals surface area contributed by atoms with Crippen LogP contribution >= 0.6 is 22.9 Å². The summed E-state index contributed by atoms with van der Waals surface area (Å²) in [7, 11) is 0. The lowest BCUT2D eigenvalue weighted by Crippen LogP contribution is -2.71. The summed E-state index contributed by atoms with van der Waals surface area (Å²) in [4.78, 5) is 34.1. The highest BCUT2D eigenvalue weighted by molar-refractivity contribution is 7.23. The van der Waals surface area contributed by atoms with E-state index in [0.717, 1.165) is 29.8 Å². The molecule has 5 heterocycles. The van der Waals surface area contributed by atoms with Crippen molar-refractivity contribution < 1.29 is 41.0 Å². The van der Waals surface area contributed by atoms with Crippen LogP contribution < -0.4 is 15.2 Å². The van der Waals surface area contributed by atoms with E-state index in [4.69, 9.17) is 22.1 Å². The van der Waals surface area contributed by atoms with E-state index in [1.54, 1.807) is 0 Å². The summed E-state index contributed by atoms with van der Waals surface area (Å²) in [6, 6.07) is 2.99. The summed E-state index contributed by atoms with van der Waals surface area (Å²) in [5.74, 6) is -2.19. The van der Waals surface area contributed by atoms with Gasteiger partial charge in [0.05, 0.1) is 26.9 Å². The molecule has 2 atom stereocenters. The van der Waals surface area contributed by atoms with Gasteiger partial charge in [-0.05, 0) is 44.4 Å². The number of alkyl halides is 3. The number of halogens is 6. The molecule has 2 aromatic heterocycles. The smallest absolute Gasteiger partial charge is 0.489 e. The number of carbonyl (C=O) groups excluding carboxylic acids is 2. The van der Waals surface area contributed by atoms with Crippen LogP contribution in [0.5, 0.6) is 11.8 Å². The summed E-state index contributed by atoms with van der Waals surface area (Å²) >= 11 is 7.63. The molecule has 0 radical (unpaired) electrons. The number of nitrogen functional groups attached to an aromatic ring is 1. The topological polar surface area (TPSA) is 140 Å². The fraction of sp³-hybridized carbons (Fsp3) is 0.387. The van der Waals surface area contributed by atoms with Crippen molar-refractivity contribution in [2.24, 2.45) is 5.41 Å². The maximum absolute atomic E-state index is 16.0. The molecule has 0 bridgehead atoms. The van der Waals surface area contributed by atoms with Crippen LogP contribution in [0.2, 0.25) is 5.02 Å². The molecule has 256 valence electrons. The van der Waals surface area contributed by atoms with Crippen molar-refractivity contribution in [2.75, 3.05) is 25.4 Å². The normalized spacial score (nSPS) is 21.7. The van der Waals surface area contributed by atoms with Gasteiger partial charge in [-0.1, -0.05) is 24.1 Å². The van der Waals surface area contributed by atoms with Gasteiger partial charge in [0.25, 0.3) is 5.91 Å². The largest absolute Gasteiger partial charge is 0.575 e. The molecule has 0 saturated carbocycles. The number of aromatic nitrogens is 3. The van der Waals surface area contributed by atoms with Crippen LogP contribution in [-0.4, -0.2) is 74.1 Å². The first kappa shape index (κ1) is 32.8. The first-order valence-electron chi connectivity index (χ1n) is 14.9. The predicted octanol–water partition coefficient (Wildman–Crippen LogP) is 6.58. The Morgan fingerprint density at radius 1 is 1.20 bits per heavy atom. The monoisotopic (exact) mass is 721 g/mol. The second-order valence-corrected chi connectivity index (χ2v) is 14.3. The minimum Gasteiger partial charge on any atom is -0.489 e. The summed E-state index contributed by atoms with van der Waals surface area (Å²) < 4.78 is 79.5. The zero-order valence-corrected chi connectivity index (χ0v) is 27.3. The number of carbonyl (C=O) groups is 2. The number of nitrogens with zero attached hydrogens (tertiary/aromatic N) is 6. The summed E-state index contributed by atoms with van der Waals surface area (Å²) in [5, 5.41) is 13.2. The van der Waals surface area contributed by atoms with E-state index in [1.807, 2.05) is 19.9 Å². The van der Waals surface area contributed by atoms with E-state index in [1.165, 1.54) is 15.9 Å². The van der Waals surface area contributed by atoms with Crippen LogP contribution in [0.25, 0.3) is 21.2 Å². The number of rotatable bonds is 2. The van der Waals surface area contributed by atoms with Gasteiger partial charge < -0.3 is 25.0 Å². The van der Waals surface area contributed by atoms with Gasteiger partial charge >= 0.3 is 18.4 Å². The fourth-order valence-corrected chi connectivity index (χ4v) is 8.48. The van der Waals surface area contributed by atoms with Crippen LogP contribution in [0.4, 0.5) is 31.7 Å². The van der Waals surface area contributed by atoms with Crippen molar-refractivity contribution in [3.63, 3.8) is 0 Å². The first-order chi connectivity index (χ1) is 23.0. The van der Waals surface area contributed by atoms with Crippen LogP contribution in [0.3, 0.4) is 0 Å². The minimum atomic E-state index is -5.05. The number of hydrogen-bond acceptors (Lipinski definition) is 9. The molecule has 11 nitrogen and oxygen atoms in total. The Kier molecular flexibility index (Phi) is 7.49. The van der Waals surface area contributed by atoms with Gasteiger partial charge in [-0.3, -0.25) is 4.79 Å². The summed E-state index contributed by atoms with van der Waals surface area (Å²) in [6.45, 7) is 3.85. The van der Waals surface area contributed by atoms with Crippen LogP contribution in [0.1, 0.15) is 49.0 Å². The van der Waals surface area contributed by atoms with Gasteiger partial charge in [-0.2, -0.15) is 14.9 Å². The van der Waals surface area contributed by atoms with Gasteiger partial charge in [0, 0.05) is 35.0 Å². The Hall–Kier alpha value is -4.69. The molecule has 2 N–H and O–H groups in total. The second-order valence-electron chi connectivity index (χ2n) is 12.9. The van der Waals surface area contributed by atoms with E-state index in [0.29, 0.717) is 23.9 Å². The number of thiophene rings is 1. The van der Waals surface area contributed by atoms with Gasteiger partial charge in [0.15, 0.2) is 5.75 Å². The van der Waals surface area contributed by atoms with Crippen molar-refractivity contribution in [3.05, 3.63) is 52.3 Å². The molecule has 2 amide bonds. The number of ether oxygens (including phenoxy) is 2. The Morgan fingerprint density at radius 2 is 1.96 bits per heavy atom. The summed E-state index contributed by atoms with van der Waals surface area (Å²) in [5.41, 5.74) is 4.26. The predicted molar refractivity (Wildman–Crippen MR) is 166 cm³/mol. The average Bonchev–Trinajstić information content (AvgIpc) is 3.54. The van der Waals surface area contributed by atoms with E-state index in [2.05, 4.69) is 14.8 Å². The van der Waals surface area contributed by atoms with Gasteiger partial charge in [-0.15, -0.1) is 29.6 Å². The molecular weight excluding hydrogens is 697 g/mol. The SMILES string of the molecule is CC1(C)CCCC2(CN3C(=O)c4cc(F)c(-c5ccc(F)c6sc(N)c(C#N)c56)c(Cl)c4OCC32)CN1C(=O)n1cnc(OC(F)(F)F)n1. The number of likely N-dealkylation sites (tertiary alicyclic amines) is 1. The molecule has 4 aromatic rings. The third-order valence-corrected chi connectivity index (χ3v) is 11.0. The number of fused-ring (bicyclic) bond motifs is 4. The van der Waals surface area contributed by atoms with Crippen LogP contribution in [0, 0.1) is 28.4 Å². The molecule has 49 heavy (non-hydrogen) atoms. The Bertz CT molecular complexity index is 2110. The lowest BCUT2D eigenvalue weighted by molar-refractivity contribution is -0.277. The Labute approximate surface area is 283 Å². The van der Waals surface area contributed by atoms with Crippen molar-refractivity contribution in [3.8, 4) is 29.0 Å². The van der Waals surface area contributed by atoms with Crippen molar-refractivity contribution in [1.29, 1.82) is 5.26 Å². The van der Waals surface area contributed by atoms with Crippen molar-refractivity contribution in [2.45, 2.75) is 51.1 Å². The number of hydrogen-bond donors (Lipinski definition) is 1. The quantitative estimate of drug-likeness (QED) is 0.229. The van der Waals surface area contributed by atoms with Gasteiger partial charge in [0.2, 0.25) is 0 Å². The second kappa shape index (κ2) is 11.2. The third-order valence-electron chi connectivity index (χ3n) is 9.59. The van der Waals surface area contributed by atoms with Crippen LogP contribution in [0.15, 0.2) is 24.5 Å². The molecule has 2 saturated heterocycles. The van der Waals surface area contributed by atoms with E-state index >= 15 is 4.39 Å². The maximum Gasteiger partial charge on any atom is 0.575 e. The highest BCUT2D eigenvalue weighted by Crippen LogP contribution is 2.52. The molecule has 1 spiro atoms. The van der Waals surface area contributed by atoms with E-state index < -0.39 is 52.9 Å². The molecule has 3 aliphatic rings. The third kappa shape index (κ3) is 5.19. The maximum atomic E-state index is 16.0. The number of amides is 2. The Balaban J connectivity index is 1.22. The molecule has 2 aromatic carbocycles. The molecule has 3 aliphatic heterocycles. The zero-order chi connectivity index (χ0) is 35.2. The first-order valence-corrected chi connectivity index (χ1v) is 16.1. The molecule has 18 heteroatoms. The molecule has 7 rings (SSSR count). The lowest BCUT2D eigenvalue weighted by Gasteiger charge is -2.57. The molecule has 0 aliphatic carbocycles.